The number of nitrogens with two attached hydrogens (primary N) is 1. The first-order chi connectivity index (χ1) is 6.60. The molecule has 0 spiro atoms. The molecule has 0 aliphatic rings. The minimum atomic E-state index is -0.207. The molecule has 0 aliphatic carbocycles. The molecule has 0 amide bonds. The van der Waals surface area contributed by atoms with Gasteiger partial charge in [-0.3, -0.25) is 0 Å². The molecule has 0 bridgehead atoms. The summed E-state index contributed by atoms with van der Waals surface area (Å²) in [5.41, 5.74) is 6.96. The SMILES string of the molecule is COc1cc(C)c(F)cc1C(C)CN. The van der Waals surface area contributed by atoms with Crippen LogP contribution in [0.5, 0.6) is 5.75 Å². The standard InChI is InChI=1S/C11H16FNO/c1-7-4-11(14-3)9(5-10(7)12)8(2)6-13/h4-5,8H,6,13H2,1-3H3. The van der Waals surface area contributed by atoms with E-state index >= 15 is 0 Å². The predicted octanol–water partition coefficient (Wildman–Crippen LogP) is 2.20. The van der Waals surface area contributed by atoms with E-state index in [1.54, 1.807) is 20.1 Å². The molecule has 0 saturated carbocycles. The van der Waals surface area contributed by atoms with Gasteiger partial charge in [-0.2, -0.15) is 0 Å². The molecule has 0 fully saturated rings. The second-order valence-electron chi connectivity index (χ2n) is 3.48. The lowest BCUT2D eigenvalue weighted by Crippen LogP contribution is -2.10. The zero-order valence-electron chi connectivity index (χ0n) is 8.80. The highest BCUT2D eigenvalue weighted by Gasteiger charge is 2.12. The normalized spacial score (nSPS) is 12.6. The van der Waals surface area contributed by atoms with Crippen LogP contribution in [0.4, 0.5) is 4.39 Å². The van der Waals surface area contributed by atoms with Crippen molar-refractivity contribution in [2.24, 2.45) is 5.73 Å². The average molecular weight is 197 g/mol. The van der Waals surface area contributed by atoms with Gasteiger partial charge in [0, 0.05) is 5.56 Å². The van der Waals surface area contributed by atoms with Crippen LogP contribution in [0.1, 0.15) is 24.0 Å². The van der Waals surface area contributed by atoms with E-state index in [1.165, 1.54) is 6.07 Å². The summed E-state index contributed by atoms with van der Waals surface area (Å²) in [5.74, 6) is 0.614. The van der Waals surface area contributed by atoms with Gasteiger partial charge in [-0.05, 0) is 37.1 Å². The topological polar surface area (TPSA) is 35.2 Å². The van der Waals surface area contributed by atoms with Crippen molar-refractivity contribution in [2.45, 2.75) is 19.8 Å². The maximum atomic E-state index is 13.3. The van der Waals surface area contributed by atoms with Crippen LogP contribution in [-0.2, 0) is 0 Å². The highest BCUT2D eigenvalue weighted by atomic mass is 19.1. The highest BCUT2D eigenvalue weighted by molar-refractivity contribution is 5.40. The molecule has 1 aromatic carbocycles. The Hall–Kier alpha value is -1.09. The quantitative estimate of drug-likeness (QED) is 0.806. The number of hydrogen-bond donors (Lipinski definition) is 1. The molecule has 0 saturated heterocycles. The summed E-state index contributed by atoms with van der Waals surface area (Å²) in [6.45, 7) is 4.15. The number of aryl methyl sites for hydroxylation is 1. The van der Waals surface area contributed by atoms with Gasteiger partial charge >= 0.3 is 0 Å². The number of methoxy groups -OCH3 is 1. The first-order valence-corrected chi connectivity index (χ1v) is 4.64. The van der Waals surface area contributed by atoms with Gasteiger partial charge in [-0.25, -0.2) is 4.39 Å². The monoisotopic (exact) mass is 197 g/mol. The van der Waals surface area contributed by atoms with Crippen molar-refractivity contribution < 1.29 is 9.13 Å². The fourth-order valence-corrected chi connectivity index (χ4v) is 1.36. The second-order valence-corrected chi connectivity index (χ2v) is 3.48. The molecule has 1 aromatic rings. The van der Waals surface area contributed by atoms with Crippen LogP contribution in [0.25, 0.3) is 0 Å². The van der Waals surface area contributed by atoms with E-state index < -0.39 is 0 Å². The third kappa shape index (κ3) is 2.04. The Kier molecular flexibility index (Phi) is 3.47. The van der Waals surface area contributed by atoms with Crippen molar-refractivity contribution in [1.82, 2.24) is 0 Å². The van der Waals surface area contributed by atoms with Gasteiger partial charge in [-0.1, -0.05) is 6.92 Å². The molecule has 14 heavy (non-hydrogen) atoms. The first-order valence-electron chi connectivity index (χ1n) is 4.64. The van der Waals surface area contributed by atoms with E-state index in [4.69, 9.17) is 10.5 Å². The molecule has 1 unspecified atom stereocenters. The van der Waals surface area contributed by atoms with E-state index in [-0.39, 0.29) is 11.7 Å². The summed E-state index contributed by atoms with van der Waals surface area (Å²) in [5, 5.41) is 0. The summed E-state index contributed by atoms with van der Waals surface area (Å²) >= 11 is 0. The van der Waals surface area contributed by atoms with Crippen LogP contribution in [-0.4, -0.2) is 13.7 Å². The van der Waals surface area contributed by atoms with Gasteiger partial charge in [-0.15, -0.1) is 0 Å². The molecule has 78 valence electrons. The Morgan fingerprint density at radius 1 is 1.50 bits per heavy atom. The largest absolute Gasteiger partial charge is 0.496 e. The van der Waals surface area contributed by atoms with E-state index in [1.807, 2.05) is 6.92 Å². The number of ether oxygens (including phenoxy) is 1. The number of halogens is 1. The van der Waals surface area contributed by atoms with Crippen LogP contribution < -0.4 is 10.5 Å². The smallest absolute Gasteiger partial charge is 0.126 e. The number of benzene rings is 1. The van der Waals surface area contributed by atoms with E-state index in [9.17, 15) is 4.39 Å². The zero-order valence-corrected chi connectivity index (χ0v) is 8.80. The summed E-state index contributed by atoms with van der Waals surface area (Å²) in [7, 11) is 1.58. The molecular weight excluding hydrogens is 181 g/mol. The van der Waals surface area contributed by atoms with Crippen LogP contribution in [0.3, 0.4) is 0 Å². The van der Waals surface area contributed by atoms with Crippen LogP contribution in [0, 0.1) is 12.7 Å². The average Bonchev–Trinajstić information content (AvgIpc) is 2.20. The van der Waals surface area contributed by atoms with Crippen molar-refractivity contribution in [3.05, 3.63) is 29.1 Å². The lowest BCUT2D eigenvalue weighted by molar-refractivity contribution is 0.404. The molecule has 0 aromatic heterocycles. The fraction of sp³-hybridized carbons (Fsp3) is 0.455. The molecular formula is C11H16FNO. The van der Waals surface area contributed by atoms with Gasteiger partial charge in [0.2, 0.25) is 0 Å². The van der Waals surface area contributed by atoms with Crippen LogP contribution in [0.2, 0.25) is 0 Å². The lowest BCUT2D eigenvalue weighted by atomic mass is 9.98. The molecule has 2 N–H and O–H groups in total. The molecule has 0 aliphatic heterocycles. The van der Waals surface area contributed by atoms with Crippen molar-refractivity contribution in [3.63, 3.8) is 0 Å². The molecule has 0 radical (unpaired) electrons. The first kappa shape index (κ1) is 11.0. The minimum absolute atomic E-state index is 0.111. The summed E-state index contributed by atoms with van der Waals surface area (Å²) < 4.78 is 18.5. The van der Waals surface area contributed by atoms with E-state index in [2.05, 4.69) is 0 Å². The molecule has 1 atom stereocenters. The predicted molar refractivity (Wildman–Crippen MR) is 55.2 cm³/mol. The maximum absolute atomic E-state index is 13.3. The Labute approximate surface area is 83.9 Å². The number of hydrogen-bond acceptors (Lipinski definition) is 2. The van der Waals surface area contributed by atoms with Gasteiger partial charge in [0.05, 0.1) is 7.11 Å². The van der Waals surface area contributed by atoms with Crippen molar-refractivity contribution in [2.75, 3.05) is 13.7 Å². The van der Waals surface area contributed by atoms with Crippen molar-refractivity contribution in [3.8, 4) is 5.75 Å². The molecule has 2 nitrogen and oxygen atoms in total. The minimum Gasteiger partial charge on any atom is -0.496 e. The molecule has 3 heteroatoms. The van der Waals surface area contributed by atoms with E-state index in [0.717, 1.165) is 5.56 Å². The Balaban J connectivity index is 3.19. The Morgan fingerprint density at radius 2 is 2.14 bits per heavy atom. The summed E-state index contributed by atoms with van der Waals surface area (Å²) in [6.07, 6.45) is 0. The second kappa shape index (κ2) is 4.42. The number of rotatable bonds is 3. The van der Waals surface area contributed by atoms with Gasteiger partial charge < -0.3 is 10.5 Å². The highest BCUT2D eigenvalue weighted by Crippen LogP contribution is 2.28. The van der Waals surface area contributed by atoms with Crippen molar-refractivity contribution in [1.29, 1.82) is 0 Å². The molecule has 0 heterocycles. The summed E-state index contributed by atoms with van der Waals surface area (Å²) in [4.78, 5) is 0. The van der Waals surface area contributed by atoms with Gasteiger partial charge in [0.25, 0.3) is 0 Å². The fourth-order valence-electron chi connectivity index (χ4n) is 1.36. The Bertz CT molecular complexity index is 325. The van der Waals surface area contributed by atoms with E-state index in [0.29, 0.717) is 17.9 Å². The third-order valence-corrected chi connectivity index (χ3v) is 2.40. The third-order valence-electron chi connectivity index (χ3n) is 2.40. The molecule has 1 rings (SSSR count). The maximum Gasteiger partial charge on any atom is 0.126 e. The van der Waals surface area contributed by atoms with Crippen LogP contribution in [0.15, 0.2) is 12.1 Å². The van der Waals surface area contributed by atoms with Crippen molar-refractivity contribution >= 4 is 0 Å². The summed E-state index contributed by atoms with van der Waals surface area (Å²) in [6, 6.07) is 3.21. The van der Waals surface area contributed by atoms with Gasteiger partial charge in [0.15, 0.2) is 0 Å². The van der Waals surface area contributed by atoms with Crippen LogP contribution >= 0.6 is 0 Å². The zero-order chi connectivity index (χ0) is 10.7. The Morgan fingerprint density at radius 3 is 2.64 bits per heavy atom. The lowest BCUT2D eigenvalue weighted by Gasteiger charge is -2.14. The van der Waals surface area contributed by atoms with Gasteiger partial charge in [0.1, 0.15) is 11.6 Å².